The maximum absolute atomic E-state index is 13.5. The summed E-state index contributed by atoms with van der Waals surface area (Å²) in [6, 6.07) is 12.0. The molecule has 0 saturated heterocycles. The minimum Gasteiger partial charge on any atom is -0.277 e. The zero-order chi connectivity index (χ0) is 19.7. The maximum Gasteiger partial charge on any atom is 0.278 e. The van der Waals surface area contributed by atoms with E-state index in [9.17, 15) is 4.79 Å². The van der Waals surface area contributed by atoms with E-state index >= 15 is 0 Å². The summed E-state index contributed by atoms with van der Waals surface area (Å²) in [7, 11) is 1.78. The summed E-state index contributed by atoms with van der Waals surface area (Å²) in [6.45, 7) is 4.38. The van der Waals surface area contributed by atoms with Gasteiger partial charge in [0.25, 0.3) is 5.91 Å². The molecule has 0 N–H and O–H groups in total. The Morgan fingerprint density at radius 2 is 2.11 bits per heavy atom. The third-order valence-corrected chi connectivity index (χ3v) is 5.74. The van der Waals surface area contributed by atoms with E-state index in [0.29, 0.717) is 17.4 Å². The molecule has 1 aromatic carbocycles. The summed E-state index contributed by atoms with van der Waals surface area (Å²) in [5.74, 6) is -0.127. The van der Waals surface area contributed by atoms with Gasteiger partial charge in [-0.1, -0.05) is 30.4 Å². The molecule has 0 aliphatic heterocycles. The van der Waals surface area contributed by atoms with Crippen molar-refractivity contribution in [3.05, 3.63) is 71.3 Å². The fourth-order valence-corrected chi connectivity index (χ4v) is 4.18. The number of amides is 1. The number of benzene rings is 1. The van der Waals surface area contributed by atoms with E-state index in [2.05, 4.69) is 29.1 Å². The van der Waals surface area contributed by atoms with E-state index in [0.717, 1.165) is 27.9 Å². The number of hydrogen-bond donors (Lipinski definition) is 0. The van der Waals surface area contributed by atoms with Gasteiger partial charge in [0.2, 0.25) is 0 Å². The van der Waals surface area contributed by atoms with Crippen LogP contribution in [0.1, 0.15) is 34.2 Å². The van der Waals surface area contributed by atoms with Gasteiger partial charge in [0.05, 0.1) is 28.7 Å². The van der Waals surface area contributed by atoms with E-state index in [4.69, 9.17) is 4.98 Å². The highest BCUT2D eigenvalue weighted by molar-refractivity contribution is 7.22. The smallest absolute Gasteiger partial charge is 0.277 e. The molecular weight excluding hydrogens is 370 g/mol. The van der Waals surface area contributed by atoms with Crippen molar-refractivity contribution in [2.75, 3.05) is 4.90 Å². The van der Waals surface area contributed by atoms with Gasteiger partial charge < -0.3 is 0 Å². The second-order valence-electron chi connectivity index (χ2n) is 6.66. The first kappa shape index (κ1) is 18.3. The first-order valence-electron chi connectivity index (χ1n) is 9.16. The topological polar surface area (TPSA) is 63.9 Å². The molecule has 0 fully saturated rings. The van der Waals surface area contributed by atoms with Crippen LogP contribution < -0.4 is 4.90 Å². The molecule has 0 bridgehead atoms. The number of nitrogens with zero attached hydrogens (tertiary/aromatic N) is 5. The molecule has 7 heteroatoms. The van der Waals surface area contributed by atoms with Crippen LogP contribution in [-0.2, 0) is 20.0 Å². The van der Waals surface area contributed by atoms with Gasteiger partial charge in [0, 0.05) is 13.2 Å². The van der Waals surface area contributed by atoms with Crippen molar-refractivity contribution in [2.24, 2.45) is 7.05 Å². The Labute approximate surface area is 167 Å². The lowest BCUT2D eigenvalue weighted by Gasteiger charge is -2.20. The van der Waals surface area contributed by atoms with Crippen LogP contribution in [0.2, 0.25) is 0 Å². The molecule has 0 atom stereocenters. The van der Waals surface area contributed by atoms with Crippen molar-refractivity contribution in [2.45, 2.75) is 26.8 Å². The van der Waals surface area contributed by atoms with Gasteiger partial charge in [-0.25, -0.2) is 4.98 Å². The van der Waals surface area contributed by atoms with Crippen LogP contribution in [0.3, 0.4) is 0 Å². The lowest BCUT2D eigenvalue weighted by atomic mass is 10.2. The molecule has 6 nitrogen and oxygen atoms in total. The zero-order valence-corrected chi connectivity index (χ0v) is 16.9. The quantitative estimate of drug-likeness (QED) is 0.513. The number of aryl methyl sites for hydroxylation is 3. The molecule has 0 unspecified atom stereocenters. The fraction of sp³-hybridized carbons (Fsp3) is 0.238. The highest BCUT2D eigenvalue weighted by atomic mass is 32.1. The second-order valence-corrected chi connectivity index (χ2v) is 7.67. The Balaban J connectivity index is 1.79. The first-order valence-corrected chi connectivity index (χ1v) is 9.98. The number of carbonyl (C=O) groups excluding carboxylic acids is 1. The zero-order valence-electron chi connectivity index (χ0n) is 16.1. The van der Waals surface area contributed by atoms with Crippen LogP contribution in [0.4, 0.5) is 5.13 Å². The van der Waals surface area contributed by atoms with E-state index < -0.39 is 0 Å². The minimum atomic E-state index is -0.127. The number of carbonyl (C=O) groups is 1. The first-order chi connectivity index (χ1) is 13.6. The van der Waals surface area contributed by atoms with E-state index in [1.807, 2.05) is 31.2 Å². The standard InChI is InChI=1S/C21H21N5OS/c1-4-15-8-9-17-18(11-15)28-21(24-17)26(13-16-7-5-6-10-22-16)20(27)19-14(2)12-23-25(19)3/h5-12H,4,13H2,1-3H3. The number of rotatable bonds is 5. The maximum atomic E-state index is 13.5. The molecule has 0 aliphatic carbocycles. The molecule has 142 valence electrons. The Kier molecular flexibility index (Phi) is 4.92. The van der Waals surface area contributed by atoms with Gasteiger partial charge in [-0.2, -0.15) is 5.10 Å². The Morgan fingerprint density at radius 3 is 2.79 bits per heavy atom. The van der Waals surface area contributed by atoms with Gasteiger partial charge >= 0.3 is 0 Å². The van der Waals surface area contributed by atoms with Crippen LogP contribution >= 0.6 is 11.3 Å². The SMILES string of the molecule is CCc1ccc2nc(N(Cc3ccccn3)C(=O)c3c(C)cnn3C)sc2c1. The van der Waals surface area contributed by atoms with Gasteiger partial charge in [-0.15, -0.1) is 0 Å². The van der Waals surface area contributed by atoms with E-state index in [1.54, 1.807) is 29.0 Å². The summed E-state index contributed by atoms with van der Waals surface area (Å²) >= 11 is 1.53. The van der Waals surface area contributed by atoms with Gasteiger partial charge in [-0.3, -0.25) is 19.4 Å². The third kappa shape index (κ3) is 3.41. The summed E-state index contributed by atoms with van der Waals surface area (Å²) in [4.78, 5) is 24.3. The Bertz CT molecular complexity index is 1110. The van der Waals surface area contributed by atoms with Crippen LogP contribution in [-0.4, -0.2) is 25.7 Å². The molecule has 28 heavy (non-hydrogen) atoms. The number of pyridine rings is 1. The number of fused-ring (bicyclic) bond motifs is 1. The normalized spacial score (nSPS) is 11.1. The summed E-state index contributed by atoms with van der Waals surface area (Å²) in [6.07, 6.45) is 4.41. The van der Waals surface area contributed by atoms with Crippen LogP contribution in [0.25, 0.3) is 10.2 Å². The number of thiazole rings is 1. The molecule has 0 spiro atoms. The third-order valence-electron chi connectivity index (χ3n) is 4.70. The Hall–Kier alpha value is -3.06. The molecule has 4 aromatic rings. The molecule has 3 heterocycles. The van der Waals surface area contributed by atoms with E-state index in [1.165, 1.54) is 16.9 Å². The van der Waals surface area contributed by atoms with Crippen molar-refractivity contribution in [3.8, 4) is 0 Å². The fourth-order valence-electron chi connectivity index (χ4n) is 3.15. The van der Waals surface area contributed by atoms with Crippen molar-refractivity contribution < 1.29 is 4.79 Å². The molecule has 4 rings (SSSR count). The average molecular weight is 392 g/mol. The van der Waals surface area contributed by atoms with Crippen LogP contribution in [0, 0.1) is 6.92 Å². The monoisotopic (exact) mass is 391 g/mol. The number of aromatic nitrogens is 4. The highest BCUT2D eigenvalue weighted by Gasteiger charge is 2.26. The summed E-state index contributed by atoms with van der Waals surface area (Å²) in [5, 5.41) is 4.89. The van der Waals surface area contributed by atoms with Gasteiger partial charge in [0.1, 0.15) is 5.69 Å². The minimum absolute atomic E-state index is 0.127. The Morgan fingerprint density at radius 1 is 1.25 bits per heavy atom. The molecule has 0 radical (unpaired) electrons. The van der Waals surface area contributed by atoms with Crippen molar-refractivity contribution in [1.29, 1.82) is 0 Å². The number of anilines is 1. The van der Waals surface area contributed by atoms with Crippen molar-refractivity contribution in [3.63, 3.8) is 0 Å². The lowest BCUT2D eigenvalue weighted by molar-refractivity contribution is 0.0975. The predicted molar refractivity (Wildman–Crippen MR) is 112 cm³/mol. The van der Waals surface area contributed by atoms with Gasteiger partial charge in [0.15, 0.2) is 5.13 Å². The molecule has 3 aromatic heterocycles. The summed E-state index contributed by atoms with van der Waals surface area (Å²) in [5.41, 5.74) is 4.37. The molecule has 1 amide bonds. The van der Waals surface area contributed by atoms with Crippen LogP contribution in [0.15, 0.2) is 48.8 Å². The lowest BCUT2D eigenvalue weighted by Crippen LogP contribution is -2.32. The molecule has 0 aliphatic rings. The summed E-state index contributed by atoms with van der Waals surface area (Å²) < 4.78 is 2.70. The predicted octanol–water partition coefficient (Wildman–Crippen LogP) is 4.14. The average Bonchev–Trinajstić information content (AvgIpc) is 3.28. The molecular formula is C21H21N5OS. The van der Waals surface area contributed by atoms with Gasteiger partial charge in [-0.05, 0) is 48.7 Å². The van der Waals surface area contributed by atoms with Crippen LogP contribution in [0.5, 0.6) is 0 Å². The van der Waals surface area contributed by atoms with E-state index in [-0.39, 0.29) is 5.91 Å². The molecule has 0 saturated carbocycles. The second kappa shape index (κ2) is 7.52. The largest absolute Gasteiger partial charge is 0.278 e. The highest BCUT2D eigenvalue weighted by Crippen LogP contribution is 2.31. The number of hydrogen-bond acceptors (Lipinski definition) is 5. The van der Waals surface area contributed by atoms with Crippen molar-refractivity contribution in [1.82, 2.24) is 19.7 Å². The van der Waals surface area contributed by atoms with Crippen molar-refractivity contribution >= 4 is 32.6 Å².